The first-order chi connectivity index (χ1) is 40.7. The van der Waals surface area contributed by atoms with Crippen LogP contribution in [0.4, 0.5) is 0 Å². The summed E-state index contributed by atoms with van der Waals surface area (Å²) < 4.78 is 38.4. The number of carbonyl (C=O) groups is 5. The number of unbranched alkanes of at least 4 members (excludes halogenated alkanes) is 1. The second kappa shape index (κ2) is 46.0. The monoisotopic (exact) mass is 1190 g/mol. The number of rotatable bonds is 45. The molecule has 17 nitrogen and oxygen atoms in total. The predicted octanol–water partition coefficient (Wildman–Crippen LogP) is 10.0. The van der Waals surface area contributed by atoms with Gasteiger partial charge in [0.15, 0.2) is 0 Å². The SMILES string of the molecule is CNC(=O)COCCOCCOCCOCCC(=O)NCCCOCCOCCOCCCNC(=O)[C@@H](CCCCNC(=O)/C=C(C)/C=C/C=C(C)/C=C/C1=C(C)CCCC1(C)C)NC(=O)/C=C(C)/C=C/C=C(C)/C=C/C1C(C)CCCC1(C)C. The van der Waals surface area contributed by atoms with Crippen LogP contribution in [0.1, 0.15) is 146 Å². The molecule has 2 unspecified atom stereocenters. The van der Waals surface area contributed by atoms with Crippen LogP contribution >= 0.6 is 0 Å². The van der Waals surface area contributed by atoms with Gasteiger partial charge in [-0.1, -0.05) is 125 Å². The molecule has 0 aromatic carbocycles. The number of hydrogen-bond acceptors (Lipinski definition) is 12. The second-order valence-electron chi connectivity index (χ2n) is 23.7. The summed E-state index contributed by atoms with van der Waals surface area (Å²) in [5.41, 5.74) is 7.25. The van der Waals surface area contributed by atoms with Crippen molar-refractivity contribution in [3.05, 3.63) is 106 Å². The molecule has 2 aliphatic carbocycles. The lowest BCUT2D eigenvalue weighted by atomic mass is 9.64. The van der Waals surface area contributed by atoms with Crippen molar-refractivity contribution in [2.45, 2.75) is 152 Å². The van der Waals surface area contributed by atoms with Gasteiger partial charge in [0.1, 0.15) is 12.6 Å². The van der Waals surface area contributed by atoms with E-state index >= 15 is 0 Å². The molecule has 5 amide bonds. The Labute approximate surface area is 511 Å². The van der Waals surface area contributed by atoms with Crippen LogP contribution in [0.3, 0.4) is 0 Å². The van der Waals surface area contributed by atoms with Crippen LogP contribution in [0, 0.1) is 22.7 Å². The van der Waals surface area contributed by atoms with Crippen LogP contribution in [-0.2, 0) is 57.1 Å². The maximum Gasteiger partial charge on any atom is 0.245 e. The molecule has 0 bridgehead atoms. The third-order valence-corrected chi connectivity index (χ3v) is 15.0. The summed E-state index contributed by atoms with van der Waals surface area (Å²) in [6, 6.07) is -0.762. The molecule has 0 heterocycles. The molecule has 0 aliphatic heterocycles. The number of allylic oxidation sites excluding steroid dienone is 16. The molecule has 0 radical (unpaired) electrons. The van der Waals surface area contributed by atoms with E-state index in [1.165, 1.54) is 49.3 Å². The van der Waals surface area contributed by atoms with E-state index in [0.717, 1.165) is 28.7 Å². The van der Waals surface area contributed by atoms with Crippen LogP contribution < -0.4 is 26.6 Å². The van der Waals surface area contributed by atoms with E-state index in [9.17, 15) is 24.0 Å². The Kier molecular flexibility index (Phi) is 41.0. The third-order valence-electron chi connectivity index (χ3n) is 15.0. The van der Waals surface area contributed by atoms with Crippen LogP contribution in [0.25, 0.3) is 0 Å². The Hall–Kier alpha value is -5.27. The summed E-state index contributed by atoms with van der Waals surface area (Å²) in [6.07, 6.45) is 34.5. The van der Waals surface area contributed by atoms with E-state index in [1.54, 1.807) is 13.1 Å². The van der Waals surface area contributed by atoms with Crippen molar-refractivity contribution in [1.82, 2.24) is 26.6 Å². The summed E-state index contributed by atoms with van der Waals surface area (Å²) in [5, 5.41) is 14.2. The van der Waals surface area contributed by atoms with E-state index < -0.39 is 6.04 Å². The molecule has 5 N–H and O–H groups in total. The first-order valence-electron chi connectivity index (χ1n) is 31.2. The fourth-order valence-electron chi connectivity index (χ4n) is 10.1. The zero-order valence-corrected chi connectivity index (χ0v) is 54.1. The molecule has 2 rings (SSSR count). The van der Waals surface area contributed by atoms with Crippen molar-refractivity contribution in [2.24, 2.45) is 22.7 Å². The summed E-state index contributed by atoms with van der Waals surface area (Å²) in [4.78, 5) is 62.8. The Morgan fingerprint density at radius 3 is 1.68 bits per heavy atom. The molecule has 0 spiro atoms. The van der Waals surface area contributed by atoms with E-state index in [2.05, 4.69) is 112 Å². The smallest absolute Gasteiger partial charge is 0.245 e. The van der Waals surface area contributed by atoms with E-state index in [-0.39, 0.29) is 53.4 Å². The van der Waals surface area contributed by atoms with Crippen molar-refractivity contribution in [1.29, 1.82) is 0 Å². The fourth-order valence-corrected chi connectivity index (χ4v) is 10.1. The van der Waals surface area contributed by atoms with E-state index in [4.69, 9.17) is 33.2 Å². The standard InChI is InChI=1S/C68H111N5O12/c1-53(27-29-59-57(5)24-16-32-67(59,7)8)20-14-22-55(3)50-63(75)71-34-13-12-26-61(73-64(76)51-56(4)23-15-21-54(2)28-30-60-58(6)25-17-33-68(60,9)10)66(78)72-36-19-38-80-41-44-82-43-40-79-37-18-35-70-62(74)31-39-81-42-45-83-46-47-84-48-49-85-52-65(77)69-11/h14-15,20-23,27-30,50-51,58,60-61H,12-13,16-19,24-26,31-49,52H2,1-11H3,(H,69,77)(H,70,74)(H,71,75)(H,72,78)(H,73,76)/b22-14+,23-15+,29-27+,30-28+,53-20+,54-21+,55-50+,56-51+/t58?,60?,61-/m1/s1. The molecule has 3 atom stereocenters. The Balaban J connectivity index is 1.71. The molecule has 17 heteroatoms. The summed E-state index contributed by atoms with van der Waals surface area (Å²) >= 11 is 0. The highest BCUT2D eigenvalue weighted by Gasteiger charge is 2.35. The maximum absolute atomic E-state index is 13.5. The van der Waals surface area contributed by atoms with Gasteiger partial charge in [0.05, 0.1) is 72.7 Å². The largest absolute Gasteiger partial charge is 0.379 e. The van der Waals surface area contributed by atoms with Gasteiger partial charge in [-0.2, -0.15) is 0 Å². The Bertz CT molecular complexity index is 2260. The van der Waals surface area contributed by atoms with Crippen molar-refractivity contribution in [2.75, 3.05) is 119 Å². The zero-order valence-electron chi connectivity index (χ0n) is 54.1. The molecule has 1 saturated carbocycles. The maximum atomic E-state index is 13.5. The van der Waals surface area contributed by atoms with E-state index in [1.807, 2.05) is 44.2 Å². The average Bonchev–Trinajstić information content (AvgIpc) is 3.60. The molecular weight excluding hydrogens is 1080 g/mol. The highest BCUT2D eigenvalue weighted by molar-refractivity contribution is 5.93. The average molecular weight is 1190 g/mol. The lowest BCUT2D eigenvalue weighted by Crippen LogP contribution is -2.46. The molecule has 1 fully saturated rings. The zero-order chi connectivity index (χ0) is 62.6. The van der Waals surface area contributed by atoms with Crippen LogP contribution in [0.5, 0.6) is 0 Å². The molecule has 0 aromatic heterocycles. The highest BCUT2D eigenvalue weighted by Crippen LogP contribution is 2.45. The Morgan fingerprint density at radius 2 is 1.11 bits per heavy atom. The molecule has 480 valence electrons. The predicted molar refractivity (Wildman–Crippen MR) is 341 cm³/mol. The van der Waals surface area contributed by atoms with E-state index in [0.29, 0.717) is 149 Å². The Morgan fingerprint density at radius 1 is 0.576 bits per heavy atom. The van der Waals surface area contributed by atoms with Crippen LogP contribution in [-0.4, -0.2) is 155 Å². The highest BCUT2D eigenvalue weighted by atomic mass is 16.6. The minimum Gasteiger partial charge on any atom is -0.379 e. The van der Waals surface area contributed by atoms with Gasteiger partial charge in [0.25, 0.3) is 0 Å². The first-order valence-corrected chi connectivity index (χ1v) is 31.2. The van der Waals surface area contributed by atoms with Crippen molar-refractivity contribution in [3.63, 3.8) is 0 Å². The van der Waals surface area contributed by atoms with Crippen LogP contribution in [0.2, 0.25) is 0 Å². The molecule has 0 saturated heterocycles. The number of carbonyl (C=O) groups excluding carboxylic acids is 5. The van der Waals surface area contributed by atoms with Crippen molar-refractivity contribution < 1.29 is 57.1 Å². The third kappa shape index (κ3) is 37.8. The summed E-state index contributed by atoms with van der Waals surface area (Å²) in [7, 11) is 1.55. The van der Waals surface area contributed by atoms with Gasteiger partial charge in [-0.15, -0.1) is 0 Å². The minimum atomic E-state index is -0.762. The molecule has 2 aliphatic rings. The van der Waals surface area contributed by atoms with Crippen molar-refractivity contribution >= 4 is 29.5 Å². The molecule has 0 aromatic rings. The van der Waals surface area contributed by atoms with Gasteiger partial charge in [-0.05, 0) is 132 Å². The van der Waals surface area contributed by atoms with Gasteiger partial charge in [0.2, 0.25) is 29.5 Å². The second-order valence-corrected chi connectivity index (χ2v) is 23.7. The normalized spacial score (nSPS) is 18.2. The van der Waals surface area contributed by atoms with Gasteiger partial charge < -0.3 is 59.7 Å². The number of nitrogens with one attached hydrogen (secondary N) is 5. The summed E-state index contributed by atoms with van der Waals surface area (Å²) in [5.74, 6) is 0.121. The van der Waals surface area contributed by atoms with Gasteiger partial charge in [-0.25, -0.2) is 0 Å². The topological polar surface area (TPSA) is 210 Å². The number of hydrogen-bond donors (Lipinski definition) is 5. The van der Waals surface area contributed by atoms with Gasteiger partial charge in [0, 0.05) is 58.5 Å². The van der Waals surface area contributed by atoms with Gasteiger partial charge >= 0.3 is 0 Å². The lowest BCUT2D eigenvalue weighted by Gasteiger charge is -2.41. The quantitative estimate of drug-likeness (QED) is 0.0219. The first kappa shape index (κ1) is 75.8. The molecular formula is C68H111N5O12. The van der Waals surface area contributed by atoms with Crippen LogP contribution in [0.15, 0.2) is 106 Å². The minimum absolute atomic E-state index is 0.0102. The molecule has 85 heavy (non-hydrogen) atoms. The number of likely N-dealkylation sites (N-methyl/N-ethyl adjacent to an activating group) is 1. The lowest BCUT2D eigenvalue weighted by molar-refractivity contribution is -0.127. The summed E-state index contributed by atoms with van der Waals surface area (Å²) in [6.45, 7) is 28.4. The van der Waals surface area contributed by atoms with Gasteiger partial charge in [-0.3, -0.25) is 24.0 Å². The number of ether oxygens (including phenoxy) is 7. The number of amides is 5. The fraction of sp³-hybridized carbons (Fsp3) is 0.662. The van der Waals surface area contributed by atoms with Crippen molar-refractivity contribution in [3.8, 4) is 0 Å².